The number of alkyl halides is 5. The van der Waals surface area contributed by atoms with Crippen molar-refractivity contribution in [2.45, 2.75) is 59.0 Å². The van der Waals surface area contributed by atoms with E-state index in [9.17, 15) is 22.0 Å². The second-order valence-corrected chi connectivity index (χ2v) is 9.70. The van der Waals surface area contributed by atoms with Crippen LogP contribution in [0.1, 0.15) is 56.7 Å². The molecule has 43 heavy (non-hydrogen) atoms. The molecule has 3 heterocycles. The quantitative estimate of drug-likeness (QED) is 0.0941. The highest BCUT2D eigenvalue weighted by Crippen LogP contribution is 2.43. The first-order valence-corrected chi connectivity index (χ1v) is 13.1. The second kappa shape index (κ2) is 12.8. The maximum absolute atomic E-state index is 15.2. The van der Waals surface area contributed by atoms with Crippen LogP contribution in [0.5, 0.6) is 11.6 Å². The van der Waals surface area contributed by atoms with Gasteiger partial charge in [-0.25, -0.2) is 19.3 Å². The lowest BCUT2D eigenvalue weighted by molar-refractivity contribution is -0.140. The molecule has 9 nitrogen and oxygen atoms in total. The summed E-state index contributed by atoms with van der Waals surface area (Å²) >= 11 is 0. The molecule has 0 bridgehead atoms. The molecule has 0 aromatic carbocycles. The molecule has 0 unspecified atom stereocenters. The third-order valence-corrected chi connectivity index (χ3v) is 6.23. The SMILES string of the molecule is C=C(OC(F)F)/C(=C(\N=CC)C1CC1)c1ncc(OC)c(OCc2cnc(-c3nc(C(F)(F)F)cn3C(C)C)c(F)c2)n1. The van der Waals surface area contributed by atoms with Crippen LogP contribution in [0.3, 0.4) is 0 Å². The van der Waals surface area contributed by atoms with Crippen molar-refractivity contribution in [2.75, 3.05) is 7.11 Å². The number of methoxy groups -OCH3 is 1. The van der Waals surface area contributed by atoms with Gasteiger partial charge in [-0.1, -0.05) is 6.58 Å². The Bertz CT molecular complexity index is 1550. The van der Waals surface area contributed by atoms with Crippen molar-refractivity contribution < 1.29 is 40.6 Å². The number of allylic oxidation sites excluding steroid dienone is 2. The van der Waals surface area contributed by atoms with Gasteiger partial charge in [-0.15, -0.1) is 0 Å². The van der Waals surface area contributed by atoms with Gasteiger partial charge in [0.25, 0.3) is 5.88 Å². The first-order valence-electron chi connectivity index (χ1n) is 13.1. The van der Waals surface area contributed by atoms with Crippen LogP contribution in [0, 0.1) is 11.7 Å². The molecule has 3 aromatic heterocycles. The minimum atomic E-state index is -4.72. The van der Waals surface area contributed by atoms with Gasteiger partial charge in [0, 0.05) is 36.1 Å². The van der Waals surface area contributed by atoms with Gasteiger partial charge in [0.2, 0.25) is 0 Å². The topological polar surface area (TPSA) is 96.5 Å². The van der Waals surface area contributed by atoms with Crippen LogP contribution in [-0.2, 0) is 17.5 Å². The van der Waals surface area contributed by atoms with Crippen LogP contribution in [0.2, 0.25) is 0 Å². The lowest BCUT2D eigenvalue weighted by Gasteiger charge is -2.16. The fraction of sp³-hybridized carbons (Fsp3) is 0.393. The molecule has 1 fully saturated rings. The molecule has 1 aliphatic rings. The summed E-state index contributed by atoms with van der Waals surface area (Å²) in [5, 5.41) is 0. The normalized spacial score (nSPS) is 14.4. The summed E-state index contributed by atoms with van der Waals surface area (Å²) in [7, 11) is 1.33. The number of hydrogen-bond acceptors (Lipinski definition) is 8. The van der Waals surface area contributed by atoms with Crippen molar-refractivity contribution >= 4 is 11.8 Å². The fourth-order valence-electron chi connectivity index (χ4n) is 4.11. The van der Waals surface area contributed by atoms with Gasteiger partial charge in [0.05, 0.1) is 24.6 Å². The third kappa shape index (κ3) is 7.32. The Hall–Kier alpha value is -4.43. The summed E-state index contributed by atoms with van der Waals surface area (Å²) in [4.78, 5) is 20.5. The molecular formula is C28H28F6N6O3. The summed E-state index contributed by atoms with van der Waals surface area (Å²) in [5.41, 5.74) is -0.825. The number of nitrogens with zero attached hydrogens (tertiary/aromatic N) is 6. The molecule has 0 N–H and O–H groups in total. The number of aliphatic imine (C=N–C) groups is 1. The van der Waals surface area contributed by atoms with E-state index in [0.717, 1.165) is 25.1 Å². The zero-order chi connectivity index (χ0) is 31.5. The van der Waals surface area contributed by atoms with Crippen molar-refractivity contribution in [3.63, 3.8) is 0 Å². The molecule has 15 heteroatoms. The number of hydrogen-bond donors (Lipinski definition) is 0. The number of ether oxygens (including phenoxy) is 3. The van der Waals surface area contributed by atoms with Crippen molar-refractivity contribution in [1.29, 1.82) is 0 Å². The van der Waals surface area contributed by atoms with Crippen LogP contribution in [-0.4, -0.2) is 44.4 Å². The van der Waals surface area contributed by atoms with E-state index in [1.54, 1.807) is 20.8 Å². The number of halogens is 6. The maximum Gasteiger partial charge on any atom is 0.434 e. The Labute approximate surface area is 243 Å². The maximum atomic E-state index is 15.2. The second-order valence-electron chi connectivity index (χ2n) is 9.70. The zero-order valence-electron chi connectivity index (χ0n) is 23.6. The lowest BCUT2D eigenvalue weighted by Crippen LogP contribution is -2.09. The highest BCUT2D eigenvalue weighted by Gasteiger charge is 2.36. The van der Waals surface area contributed by atoms with Gasteiger partial charge in [-0.3, -0.25) is 4.99 Å². The smallest absolute Gasteiger partial charge is 0.434 e. The summed E-state index contributed by atoms with van der Waals surface area (Å²) in [6.45, 7) is 5.12. The van der Waals surface area contributed by atoms with Gasteiger partial charge >= 0.3 is 12.8 Å². The van der Waals surface area contributed by atoms with Crippen molar-refractivity contribution in [3.05, 3.63) is 65.6 Å². The Morgan fingerprint density at radius 3 is 2.47 bits per heavy atom. The Balaban J connectivity index is 1.65. The van der Waals surface area contributed by atoms with Crippen molar-refractivity contribution in [2.24, 2.45) is 10.9 Å². The van der Waals surface area contributed by atoms with E-state index in [4.69, 9.17) is 9.47 Å². The van der Waals surface area contributed by atoms with E-state index in [1.165, 1.54) is 30.3 Å². The molecule has 4 rings (SSSR count). The van der Waals surface area contributed by atoms with E-state index in [0.29, 0.717) is 5.70 Å². The predicted molar refractivity (Wildman–Crippen MR) is 144 cm³/mol. The first kappa shape index (κ1) is 31.5. The number of pyridine rings is 1. The van der Waals surface area contributed by atoms with E-state index in [1.807, 2.05) is 0 Å². The third-order valence-electron chi connectivity index (χ3n) is 6.23. The standard InChI is InChI=1S/C28H28F6N6O3/c1-6-35-22(17-7-8-17)21(15(4)43-27(30)31)24-37-11-19(41-5)26(39-24)42-13-16-9-18(29)23(36-10-16)25-38-20(28(32,33)34)12-40(25)14(2)3/h6,9-12,14,17,27H,4,7-8,13H2,1-3,5H3/b22-21+,35-6?. The van der Waals surface area contributed by atoms with Gasteiger partial charge in [0.15, 0.2) is 28.9 Å². The van der Waals surface area contributed by atoms with Crippen LogP contribution in [0.25, 0.3) is 17.1 Å². The average molecular weight is 611 g/mol. The largest absolute Gasteiger partial charge is 0.490 e. The molecule has 0 saturated heterocycles. The van der Waals surface area contributed by atoms with Crippen LogP contribution >= 0.6 is 0 Å². The van der Waals surface area contributed by atoms with Crippen LogP contribution in [0.15, 0.2) is 47.7 Å². The molecule has 230 valence electrons. The highest BCUT2D eigenvalue weighted by molar-refractivity contribution is 5.78. The molecule has 0 amide bonds. The summed E-state index contributed by atoms with van der Waals surface area (Å²) in [6, 6.07) is 0.598. The average Bonchev–Trinajstić information content (AvgIpc) is 3.67. The minimum absolute atomic E-state index is 0.0228. The molecule has 1 saturated carbocycles. The van der Waals surface area contributed by atoms with Crippen molar-refractivity contribution in [1.82, 2.24) is 24.5 Å². The molecule has 3 aromatic rings. The van der Waals surface area contributed by atoms with E-state index < -0.39 is 30.3 Å². The molecular weight excluding hydrogens is 582 g/mol. The lowest BCUT2D eigenvalue weighted by atomic mass is 10.1. The van der Waals surface area contributed by atoms with E-state index >= 15 is 4.39 Å². The number of imidazole rings is 1. The Morgan fingerprint density at radius 2 is 1.91 bits per heavy atom. The Morgan fingerprint density at radius 1 is 1.19 bits per heavy atom. The molecule has 0 atom stereocenters. The fourth-order valence-corrected chi connectivity index (χ4v) is 4.11. The van der Waals surface area contributed by atoms with E-state index in [-0.39, 0.29) is 58.4 Å². The number of rotatable bonds is 12. The zero-order valence-corrected chi connectivity index (χ0v) is 23.6. The highest BCUT2D eigenvalue weighted by atomic mass is 19.4. The summed E-state index contributed by atoms with van der Waals surface area (Å²) in [5.74, 6) is -1.69. The molecule has 0 radical (unpaired) electrons. The molecule has 0 spiro atoms. The van der Waals surface area contributed by atoms with Crippen molar-refractivity contribution in [3.8, 4) is 23.1 Å². The summed E-state index contributed by atoms with van der Waals surface area (Å²) < 4.78 is 97.9. The summed E-state index contributed by atoms with van der Waals surface area (Å²) in [6.07, 6.45) is 1.64. The monoisotopic (exact) mass is 610 g/mol. The Kier molecular flexibility index (Phi) is 9.40. The van der Waals surface area contributed by atoms with Crippen LogP contribution < -0.4 is 9.47 Å². The van der Waals surface area contributed by atoms with Gasteiger partial charge in [-0.05, 0) is 39.7 Å². The van der Waals surface area contributed by atoms with Crippen LogP contribution in [0.4, 0.5) is 26.3 Å². The van der Waals surface area contributed by atoms with Gasteiger partial charge in [-0.2, -0.15) is 26.9 Å². The van der Waals surface area contributed by atoms with E-state index in [2.05, 4.69) is 36.2 Å². The first-order chi connectivity index (χ1) is 20.3. The number of aromatic nitrogens is 5. The van der Waals surface area contributed by atoms with Gasteiger partial charge in [0.1, 0.15) is 18.1 Å². The predicted octanol–water partition coefficient (Wildman–Crippen LogP) is 7.03. The molecule has 0 aliphatic heterocycles. The minimum Gasteiger partial charge on any atom is -0.490 e. The van der Waals surface area contributed by atoms with Gasteiger partial charge < -0.3 is 18.8 Å². The molecule has 1 aliphatic carbocycles.